The molecule has 0 saturated carbocycles. The molecule has 5 heteroatoms. The molecule has 0 amide bonds. The molecule has 1 aromatic heterocycles. The number of fused-ring (bicyclic) bond motifs is 1. The van der Waals surface area contributed by atoms with Crippen LogP contribution in [0.15, 0.2) is 5.10 Å². The molecule has 0 fully saturated rings. The lowest BCUT2D eigenvalue weighted by Crippen LogP contribution is -2.07. The van der Waals surface area contributed by atoms with Crippen molar-refractivity contribution in [2.75, 3.05) is 12.4 Å². The molecule has 1 aliphatic heterocycles. The number of nitrogens with zero attached hydrogens (tertiary/aromatic N) is 4. The number of aromatic nitrogens is 3. The van der Waals surface area contributed by atoms with Crippen molar-refractivity contribution in [3.05, 3.63) is 5.82 Å². The molecule has 0 aliphatic carbocycles. The molecule has 0 aromatic carbocycles. The van der Waals surface area contributed by atoms with Gasteiger partial charge in [0.1, 0.15) is 0 Å². The summed E-state index contributed by atoms with van der Waals surface area (Å²) in [5.41, 5.74) is 0. The number of aryl methyl sites for hydroxylation is 1. The third-order valence-electron chi connectivity index (χ3n) is 1.62. The average Bonchev–Trinajstić information content (AvgIpc) is 2.47. The van der Waals surface area contributed by atoms with Crippen molar-refractivity contribution in [2.45, 2.75) is 12.8 Å². The second kappa shape index (κ2) is 2.34. The van der Waals surface area contributed by atoms with Crippen LogP contribution < -0.4 is 5.32 Å². The Morgan fingerprint density at radius 1 is 1.55 bits per heavy atom. The van der Waals surface area contributed by atoms with Crippen LogP contribution in [0.4, 0.5) is 5.95 Å². The average molecular weight is 151 g/mol. The predicted molar refractivity (Wildman–Crippen MR) is 41.8 cm³/mol. The largest absolute Gasteiger partial charge is 0.356 e. The number of hydrogen-bond donors (Lipinski definition) is 1. The lowest BCUT2D eigenvalue weighted by Gasteiger charge is -2.05. The van der Waals surface area contributed by atoms with E-state index in [1.165, 1.54) is 0 Å². The van der Waals surface area contributed by atoms with Crippen LogP contribution in [0.3, 0.4) is 0 Å². The van der Waals surface area contributed by atoms with Crippen molar-refractivity contribution < 1.29 is 0 Å². The monoisotopic (exact) mass is 151 g/mol. The third-order valence-corrected chi connectivity index (χ3v) is 1.62. The summed E-state index contributed by atoms with van der Waals surface area (Å²) in [5.74, 6) is 1.63. The fourth-order valence-corrected chi connectivity index (χ4v) is 1.08. The van der Waals surface area contributed by atoms with E-state index in [1.807, 2.05) is 6.21 Å². The molecule has 58 valence electrons. The standard InChI is InChI=1S/C6H9N5/c1-7-6-10-9-5-3-2-4-8-11(5)6/h4H,2-3H2,1H3,(H,7,10). The predicted octanol–water partition coefficient (Wildman–Crippen LogP) is 0.0999. The number of nitrogens with one attached hydrogen (secondary N) is 1. The molecule has 1 aromatic rings. The second-order valence-electron chi connectivity index (χ2n) is 2.34. The molecule has 0 unspecified atom stereocenters. The van der Waals surface area contributed by atoms with E-state index >= 15 is 0 Å². The Morgan fingerprint density at radius 3 is 3.27 bits per heavy atom. The maximum atomic E-state index is 4.13. The van der Waals surface area contributed by atoms with Crippen LogP contribution in [0.5, 0.6) is 0 Å². The summed E-state index contributed by atoms with van der Waals surface area (Å²) in [7, 11) is 1.81. The molecule has 0 spiro atoms. The van der Waals surface area contributed by atoms with E-state index in [0.717, 1.165) is 18.7 Å². The quantitative estimate of drug-likeness (QED) is 0.619. The highest BCUT2D eigenvalue weighted by Gasteiger charge is 2.11. The van der Waals surface area contributed by atoms with Gasteiger partial charge in [0.15, 0.2) is 5.82 Å². The second-order valence-corrected chi connectivity index (χ2v) is 2.34. The molecule has 0 atom stereocenters. The van der Waals surface area contributed by atoms with Gasteiger partial charge < -0.3 is 5.32 Å². The molecule has 1 aliphatic rings. The van der Waals surface area contributed by atoms with E-state index in [4.69, 9.17) is 0 Å². The maximum absolute atomic E-state index is 4.13. The van der Waals surface area contributed by atoms with Gasteiger partial charge in [0.25, 0.3) is 0 Å². The Balaban J connectivity index is 2.48. The molecule has 0 saturated heterocycles. The van der Waals surface area contributed by atoms with Crippen molar-refractivity contribution in [1.82, 2.24) is 14.9 Å². The van der Waals surface area contributed by atoms with Gasteiger partial charge in [-0.2, -0.15) is 9.78 Å². The minimum Gasteiger partial charge on any atom is -0.356 e. The fraction of sp³-hybridized carbons (Fsp3) is 0.500. The highest BCUT2D eigenvalue weighted by molar-refractivity contribution is 5.59. The van der Waals surface area contributed by atoms with Crippen molar-refractivity contribution in [3.8, 4) is 0 Å². The maximum Gasteiger partial charge on any atom is 0.245 e. The molecular weight excluding hydrogens is 142 g/mol. The van der Waals surface area contributed by atoms with E-state index < -0.39 is 0 Å². The van der Waals surface area contributed by atoms with E-state index in [9.17, 15) is 0 Å². The highest BCUT2D eigenvalue weighted by Crippen LogP contribution is 2.10. The van der Waals surface area contributed by atoms with Gasteiger partial charge in [-0.1, -0.05) is 0 Å². The summed E-state index contributed by atoms with van der Waals surface area (Å²) < 4.78 is 1.73. The molecule has 0 radical (unpaired) electrons. The fourth-order valence-electron chi connectivity index (χ4n) is 1.08. The first-order valence-electron chi connectivity index (χ1n) is 3.56. The summed E-state index contributed by atoms with van der Waals surface area (Å²) >= 11 is 0. The Hall–Kier alpha value is -1.39. The molecule has 1 N–H and O–H groups in total. The van der Waals surface area contributed by atoms with E-state index in [0.29, 0.717) is 5.95 Å². The van der Waals surface area contributed by atoms with Gasteiger partial charge in [-0.15, -0.1) is 10.2 Å². The molecule has 2 heterocycles. The van der Waals surface area contributed by atoms with Crippen LogP contribution in [0, 0.1) is 0 Å². The van der Waals surface area contributed by atoms with Crippen molar-refractivity contribution in [3.63, 3.8) is 0 Å². The minimum absolute atomic E-state index is 0.705. The number of rotatable bonds is 1. The smallest absolute Gasteiger partial charge is 0.245 e. The lowest BCUT2D eigenvalue weighted by molar-refractivity contribution is 0.745. The summed E-state index contributed by atoms with van der Waals surface area (Å²) in [6.45, 7) is 0. The number of hydrogen-bond acceptors (Lipinski definition) is 4. The molecule has 2 rings (SSSR count). The minimum atomic E-state index is 0.705. The van der Waals surface area contributed by atoms with Crippen molar-refractivity contribution >= 4 is 12.2 Å². The zero-order valence-electron chi connectivity index (χ0n) is 6.28. The SMILES string of the molecule is CNc1nnc2n1N=CCC2. The summed E-state index contributed by atoms with van der Waals surface area (Å²) in [6, 6.07) is 0. The normalized spacial score (nSPS) is 14.6. The summed E-state index contributed by atoms with van der Waals surface area (Å²) in [4.78, 5) is 0. The van der Waals surface area contributed by atoms with Crippen LogP contribution in [0.1, 0.15) is 12.2 Å². The third kappa shape index (κ3) is 0.886. The van der Waals surface area contributed by atoms with Crippen LogP contribution in [0.25, 0.3) is 0 Å². The Bertz CT molecular complexity index is 287. The first kappa shape index (κ1) is 6.33. The van der Waals surface area contributed by atoms with Crippen LogP contribution in [-0.4, -0.2) is 28.1 Å². The molecular formula is C6H9N5. The van der Waals surface area contributed by atoms with E-state index in [-0.39, 0.29) is 0 Å². The van der Waals surface area contributed by atoms with Gasteiger partial charge in [-0.25, -0.2) is 0 Å². The molecule has 11 heavy (non-hydrogen) atoms. The van der Waals surface area contributed by atoms with Crippen LogP contribution in [0.2, 0.25) is 0 Å². The first-order valence-corrected chi connectivity index (χ1v) is 3.56. The topological polar surface area (TPSA) is 55.1 Å². The van der Waals surface area contributed by atoms with Crippen molar-refractivity contribution in [2.24, 2.45) is 5.10 Å². The van der Waals surface area contributed by atoms with Gasteiger partial charge >= 0.3 is 0 Å². The van der Waals surface area contributed by atoms with Gasteiger partial charge in [-0.3, -0.25) is 0 Å². The van der Waals surface area contributed by atoms with Gasteiger partial charge in [0.05, 0.1) is 0 Å². The highest BCUT2D eigenvalue weighted by atomic mass is 15.5. The van der Waals surface area contributed by atoms with Gasteiger partial charge in [0.2, 0.25) is 5.95 Å². The molecule has 0 bridgehead atoms. The van der Waals surface area contributed by atoms with Crippen LogP contribution in [-0.2, 0) is 6.42 Å². The Morgan fingerprint density at radius 2 is 2.45 bits per heavy atom. The van der Waals surface area contributed by atoms with Gasteiger partial charge in [0, 0.05) is 19.7 Å². The molecule has 5 nitrogen and oxygen atoms in total. The Kier molecular flexibility index (Phi) is 1.34. The van der Waals surface area contributed by atoms with E-state index in [1.54, 1.807) is 11.7 Å². The zero-order chi connectivity index (χ0) is 7.68. The Labute approximate surface area is 64.1 Å². The zero-order valence-corrected chi connectivity index (χ0v) is 6.28. The van der Waals surface area contributed by atoms with Crippen molar-refractivity contribution in [1.29, 1.82) is 0 Å². The summed E-state index contributed by atoms with van der Waals surface area (Å²) in [5, 5.41) is 14.9. The van der Waals surface area contributed by atoms with Crippen LogP contribution >= 0.6 is 0 Å². The summed E-state index contributed by atoms with van der Waals surface area (Å²) in [6.07, 6.45) is 3.76. The first-order chi connectivity index (χ1) is 5.42. The van der Waals surface area contributed by atoms with Gasteiger partial charge in [-0.05, 0) is 6.42 Å². The lowest BCUT2D eigenvalue weighted by atomic mass is 10.3. The van der Waals surface area contributed by atoms with E-state index in [2.05, 4.69) is 20.6 Å². The number of anilines is 1.